The van der Waals surface area contributed by atoms with Crippen LogP contribution in [-0.4, -0.2) is 31.2 Å². The summed E-state index contributed by atoms with van der Waals surface area (Å²) in [7, 11) is 1.61. The lowest BCUT2D eigenvalue weighted by molar-refractivity contribution is 0.0947. The van der Waals surface area contributed by atoms with E-state index in [0.29, 0.717) is 24.7 Å². The zero-order valence-electron chi connectivity index (χ0n) is 15.3. The van der Waals surface area contributed by atoms with E-state index in [2.05, 4.69) is 5.32 Å². The Bertz CT molecular complexity index is 984. The van der Waals surface area contributed by atoms with Gasteiger partial charge in [0, 0.05) is 11.1 Å². The van der Waals surface area contributed by atoms with Gasteiger partial charge in [-0.25, -0.2) is 0 Å². The highest BCUT2D eigenvalue weighted by atomic mass is 16.5. The van der Waals surface area contributed by atoms with Crippen LogP contribution in [0.15, 0.2) is 48.5 Å². The molecule has 5 heteroatoms. The average Bonchev–Trinajstić information content (AvgIpc) is 3.17. The third kappa shape index (κ3) is 3.45. The number of hydrogen-bond acceptors (Lipinski definition) is 4. The lowest BCUT2D eigenvalue weighted by atomic mass is 10.0. The molecule has 1 aliphatic carbocycles. The number of carbonyl (C=O) groups is 1. The molecule has 3 aromatic rings. The Labute approximate surface area is 158 Å². The normalized spacial score (nSPS) is 12.6. The van der Waals surface area contributed by atoms with Crippen LogP contribution < -0.4 is 14.8 Å². The quantitative estimate of drug-likeness (QED) is 0.682. The fourth-order valence-corrected chi connectivity index (χ4v) is 3.62. The number of nitrogens with one attached hydrogen (secondary N) is 1. The van der Waals surface area contributed by atoms with Crippen LogP contribution in [0.3, 0.4) is 0 Å². The van der Waals surface area contributed by atoms with Crippen LogP contribution in [0.5, 0.6) is 11.5 Å². The number of hydrogen-bond donors (Lipinski definition) is 1. The lowest BCUT2D eigenvalue weighted by Gasteiger charge is -2.14. The van der Waals surface area contributed by atoms with Crippen molar-refractivity contribution in [1.29, 1.82) is 0 Å². The topological polar surface area (TPSA) is 60.5 Å². The smallest absolute Gasteiger partial charge is 0.252 e. The SMILES string of the molecule is COc1ccccc1OCCNC(=O)c1c2c(nc3ccccc13)CCC2. The molecule has 1 aliphatic rings. The van der Waals surface area contributed by atoms with Gasteiger partial charge in [-0.05, 0) is 43.0 Å². The standard InChI is InChI=1S/C22H22N2O3/c1-26-19-11-4-5-12-20(19)27-14-13-23-22(25)21-15-7-2-3-9-17(15)24-18-10-6-8-16(18)21/h2-5,7,9,11-12H,6,8,10,13-14H2,1H3,(H,23,25). The Balaban J connectivity index is 1.48. The van der Waals surface area contributed by atoms with Crippen LogP contribution in [0.4, 0.5) is 0 Å². The van der Waals surface area contributed by atoms with E-state index < -0.39 is 0 Å². The van der Waals surface area contributed by atoms with E-state index in [1.54, 1.807) is 7.11 Å². The number of pyridine rings is 1. The van der Waals surface area contributed by atoms with E-state index in [4.69, 9.17) is 14.5 Å². The molecule has 0 atom stereocenters. The second-order valence-electron chi connectivity index (χ2n) is 6.54. The summed E-state index contributed by atoms with van der Waals surface area (Å²) < 4.78 is 11.0. The van der Waals surface area contributed by atoms with Crippen molar-refractivity contribution in [3.8, 4) is 11.5 Å². The average molecular weight is 362 g/mol. The van der Waals surface area contributed by atoms with Crippen LogP contribution in [-0.2, 0) is 12.8 Å². The fraction of sp³-hybridized carbons (Fsp3) is 0.273. The zero-order chi connectivity index (χ0) is 18.6. The number of amides is 1. The van der Waals surface area contributed by atoms with Crippen molar-refractivity contribution in [3.63, 3.8) is 0 Å². The molecular formula is C22H22N2O3. The molecule has 4 rings (SSSR count). The molecule has 0 aliphatic heterocycles. The van der Waals surface area contributed by atoms with Crippen molar-refractivity contribution >= 4 is 16.8 Å². The Morgan fingerprint density at radius 2 is 1.85 bits per heavy atom. The second-order valence-corrected chi connectivity index (χ2v) is 6.54. The third-order valence-electron chi connectivity index (χ3n) is 4.86. The van der Waals surface area contributed by atoms with Gasteiger partial charge in [-0.15, -0.1) is 0 Å². The minimum absolute atomic E-state index is 0.0598. The molecule has 2 aromatic carbocycles. The maximum atomic E-state index is 12.9. The first kappa shape index (κ1) is 17.3. The molecule has 0 fully saturated rings. The van der Waals surface area contributed by atoms with Gasteiger partial charge in [0.15, 0.2) is 11.5 Å². The van der Waals surface area contributed by atoms with E-state index in [9.17, 15) is 4.79 Å². The summed E-state index contributed by atoms with van der Waals surface area (Å²) in [6.07, 6.45) is 2.90. The van der Waals surface area contributed by atoms with E-state index in [-0.39, 0.29) is 5.91 Å². The lowest BCUT2D eigenvalue weighted by Crippen LogP contribution is -2.29. The number of methoxy groups -OCH3 is 1. The Morgan fingerprint density at radius 1 is 1.07 bits per heavy atom. The summed E-state index contributed by atoms with van der Waals surface area (Å²) in [5.74, 6) is 1.29. The molecular weight excluding hydrogens is 340 g/mol. The Morgan fingerprint density at radius 3 is 2.70 bits per heavy atom. The largest absolute Gasteiger partial charge is 0.493 e. The number of benzene rings is 2. The van der Waals surface area contributed by atoms with Crippen LogP contribution in [0.2, 0.25) is 0 Å². The minimum atomic E-state index is -0.0598. The molecule has 0 unspecified atom stereocenters. The number of fused-ring (bicyclic) bond motifs is 2. The summed E-state index contributed by atoms with van der Waals surface area (Å²) in [6.45, 7) is 0.791. The molecule has 5 nitrogen and oxygen atoms in total. The second kappa shape index (κ2) is 7.66. The first-order chi connectivity index (χ1) is 13.3. The van der Waals surface area contributed by atoms with Crippen LogP contribution in [0, 0.1) is 0 Å². The number of rotatable bonds is 6. The van der Waals surface area contributed by atoms with Crippen molar-refractivity contribution in [2.45, 2.75) is 19.3 Å². The predicted octanol–water partition coefficient (Wildman–Crippen LogP) is 3.54. The van der Waals surface area contributed by atoms with Gasteiger partial charge >= 0.3 is 0 Å². The van der Waals surface area contributed by atoms with Gasteiger partial charge in [0.2, 0.25) is 0 Å². The third-order valence-corrected chi connectivity index (χ3v) is 4.86. The van der Waals surface area contributed by atoms with Crippen molar-refractivity contribution in [1.82, 2.24) is 10.3 Å². The number of para-hydroxylation sites is 3. The molecule has 1 heterocycles. The highest BCUT2D eigenvalue weighted by Crippen LogP contribution is 2.30. The summed E-state index contributed by atoms with van der Waals surface area (Å²) >= 11 is 0. The molecule has 0 radical (unpaired) electrons. The summed E-state index contributed by atoms with van der Waals surface area (Å²) in [4.78, 5) is 17.7. The summed E-state index contributed by atoms with van der Waals surface area (Å²) in [6, 6.07) is 15.3. The van der Waals surface area contributed by atoms with E-state index in [1.807, 2.05) is 48.5 Å². The molecule has 0 saturated heterocycles. The molecule has 0 spiro atoms. The Kier molecular flexibility index (Phi) is 4.92. The van der Waals surface area contributed by atoms with Crippen molar-refractivity contribution in [3.05, 3.63) is 65.4 Å². The fourth-order valence-electron chi connectivity index (χ4n) is 3.62. The minimum Gasteiger partial charge on any atom is -0.493 e. The van der Waals surface area contributed by atoms with Gasteiger partial charge in [-0.3, -0.25) is 9.78 Å². The molecule has 0 saturated carbocycles. The first-order valence-electron chi connectivity index (χ1n) is 9.22. The maximum Gasteiger partial charge on any atom is 0.252 e. The number of aryl methyl sites for hydroxylation is 1. The Hall–Kier alpha value is -3.08. The van der Waals surface area contributed by atoms with E-state index >= 15 is 0 Å². The van der Waals surface area contributed by atoms with Crippen LogP contribution >= 0.6 is 0 Å². The molecule has 1 N–H and O–H groups in total. The zero-order valence-corrected chi connectivity index (χ0v) is 15.3. The monoisotopic (exact) mass is 362 g/mol. The summed E-state index contributed by atoms with van der Waals surface area (Å²) in [5, 5.41) is 3.91. The number of nitrogens with zero attached hydrogens (tertiary/aromatic N) is 1. The van der Waals surface area contributed by atoms with Gasteiger partial charge in [-0.2, -0.15) is 0 Å². The van der Waals surface area contributed by atoms with E-state index in [1.165, 1.54) is 0 Å². The maximum absolute atomic E-state index is 12.9. The number of aromatic nitrogens is 1. The van der Waals surface area contributed by atoms with Gasteiger partial charge in [0.25, 0.3) is 5.91 Å². The van der Waals surface area contributed by atoms with Crippen molar-refractivity contribution < 1.29 is 14.3 Å². The highest BCUT2D eigenvalue weighted by molar-refractivity contribution is 6.07. The number of carbonyl (C=O) groups excluding carboxylic acids is 1. The first-order valence-corrected chi connectivity index (χ1v) is 9.22. The highest BCUT2D eigenvalue weighted by Gasteiger charge is 2.23. The molecule has 0 bridgehead atoms. The summed E-state index contributed by atoms with van der Waals surface area (Å²) in [5.41, 5.74) is 3.81. The van der Waals surface area contributed by atoms with Gasteiger partial charge in [0.1, 0.15) is 6.61 Å². The molecule has 27 heavy (non-hydrogen) atoms. The van der Waals surface area contributed by atoms with Crippen LogP contribution in [0.1, 0.15) is 28.0 Å². The van der Waals surface area contributed by atoms with Gasteiger partial charge < -0.3 is 14.8 Å². The predicted molar refractivity (Wildman–Crippen MR) is 105 cm³/mol. The number of ether oxygens (including phenoxy) is 2. The van der Waals surface area contributed by atoms with Gasteiger partial charge in [-0.1, -0.05) is 30.3 Å². The van der Waals surface area contributed by atoms with Crippen LogP contribution in [0.25, 0.3) is 10.9 Å². The molecule has 138 valence electrons. The van der Waals surface area contributed by atoms with Crippen molar-refractivity contribution in [2.75, 3.05) is 20.3 Å². The van der Waals surface area contributed by atoms with Crippen molar-refractivity contribution in [2.24, 2.45) is 0 Å². The molecule has 1 aromatic heterocycles. The van der Waals surface area contributed by atoms with Gasteiger partial charge in [0.05, 0.1) is 24.7 Å². The van der Waals surface area contributed by atoms with E-state index in [0.717, 1.165) is 47.0 Å². The molecule has 1 amide bonds.